The highest BCUT2D eigenvalue weighted by Gasteiger charge is 2.26. The van der Waals surface area contributed by atoms with E-state index in [1.807, 2.05) is 12.1 Å². The predicted octanol–water partition coefficient (Wildman–Crippen LogP) is 5.22. The molecule has 0 aliphatic heterocycles. The third-order valence-electron chi connectivity index (χ3n) is 3.35. The second kappa shape index (κ2) is 6.31. The molecule has 116 valence electrons. The highest BCUT2D eigenvalue weighted by atomic mass is 35.5. The van der Waals surface area contributed by atoms with Gasteiger partial charge in [-0.2, -0.15) is 4.98 Å². The number of nitrogens with zero attached hydrogens (tertiary/aromatic N) is 2. The van der Waals surface area contributed by atoms with Crippen LogP contribution < -0.4 is 10.6 Å². The Morgan fingerprint density at radius 3 is 2.55 bits per heavy atom. The maximum Gasteiger partial charge on any atom is 0.225 e. The molecule has 4 nitrogen and oxygen atoms in total. The summed E-state index contributed by atoms with van der Waals surface area (Å²) in [5.74, 6) is 1.94. The molecule has 6 heteroatoms. The highest BCUT2D eigenvalue weighted by molar-refractivity contribution is 6.36. The molecule has 1 aliphatic rings. The Kier molecular flexibility index (Phi) is 4.41. The van der Waals surface area contributed by atoms with Gasteiger partial charge in [-0.3, -0.25) is 0 Å². The van der Waals surface area contributed by atoms with Crippen LogP contribution in [0.3, 0.4) is 0 Å². The Morgan fingerprint density at radius 1 is 1.14 bits per heavy atom. The van der Waals surface area contributed by atoms with E-state index >= 15 is 0 Å². The van der Waals surface area contributed by atoms with Crippen molar-refractivity contribution in [1.82, 2.24) is 9.97 Å². The lowest BCUT2D eigenvalue weighted by atomic mass is 10.2. The van der Waals surface area contributed by atoms with Gasteiger partial charge in [-0.25, -0.2) is 4.98 Å². The van der Waals surface area contributed by atoms with E-state index in [2.05, 4.69) is 34.4 Å². The second-order valence-corrected chi connectivity index (χ2v) is 6.67. The van der Waals surface area contributed by atoms with Gasteiger partial charge < -0.3 is 10.6 Å². The van der Waals surface area contributed by atoms with E-state index in [1.54, 1.807) is 12.1 Å². The van der Waals surface area contributed by atoms with E-state index in [0.717, 1.165) is 17.2 Å². The van der Waals surface area contributed by atoms with Crippen LogP contribution in [0.2, 0.25) is 10.0 Å². The topological polar surface area (TPSA) is 49.8 Å². The molecule has 1 aromatic heterocycles. The molecule has 0 atom stereocenters. The molecular weight excluding hydrogens is 319 g/mol. The summed E-state index contributed by atoms with van der Waals surface area (Å²) < 4.78 is 0. The number of anilines is 3. The van der Waals surface area contributed by atoms with E-state index in [1.165, 1.54) is 12.8 Å². The molecule has 1 aromatic carbocycles. The van der Waals surface area contributed by atoms with Crippen molar-refractivity contribution in [3.63, 3.8) is 0 Å². The van der Waals surface area contributed by atoms with Crippen molar-refractivity contribution in [1.29, 1.82) is 0 Å². The van der Waals surface area contributed by atoms with Crippen molar-refractivity contribution in [2.75, 3.05) is 10.6 Å². The number of hydrogen-bond donors (Lipinski definition) is 2. The Hall–Kier alpha value is -1.52. The molecule has 22 heavy (non-hydrogen) atoms. The summed E-state index contributed by atoms with van der Waals surface area (Å²) in [6, 6.07) is 7.63. The summed E-state index contributed by atoms with van der Waals surface area (Å²) in [5.41, 5.74) is 1.85. The smallest absolute Gasteiger partial charge is 0.225 e. The molecule has 0 radical (unpaired) electrons. The number of hydrogen-bond acceptors (Lipinski definition) is 4. The summed E-state index contributed by atoms with van der Waals surface area (Å²) in [5, 5.41) is 7.69. The number of halogens is 2. The summed E-state index contributed by atoms with van der Waals surface area (Å²) in [6.45, 7) is 4.13. The monoisotopic (exact) mass is 336 g/mol. The average Bonchev–Trinajstić information content (AvgIpc) is 3.25. The average molecular weight is 337 g/mol. The molecule has 1 saturated carbocycles. The normalized spacial score (nSPS) is 14.2. The lowest BCUT2D eigenvalue weighted by molar-refractivity contribution is 0.864. The molecule has 3 rings (SSSR count). The first kappa shape index (κ1) is 15.4. The van der Waals surface area contributed by atoms with Crippen LogP contribution in [0, 0.1) is 0 Å². The van der Waals surface area contributed by atoms with Crippen LogP contribution in [-0.2, 0) is 0 Å². The standard InChI is InChI=1S/C16H18Cl2N4/c1-9(2)19-16-21-14(10-3-4-10)8-15(22-16)20-13-6-5-11(17)7-12(13)18/h5-10H,3-4H2,1-2H3,(H2,19,20,21,22). The summed E-state index contributed by atoms with van der Waals surface area (Å²) in [4.78, 5) is 9.12. The van der Waals surface area contributed by atoms with Gasteiger partial charge in [0.2, 0.25) is 5.95 Å². The number of benzene rings is 1. The molecule has 1 heterocycles. The fourth-order valence-electron chi connectivity index (χ4n) is 2.17. The zero-order chi connectivity index (χ0) is 15.7. The Morgan fingerprint density at radius 2 is 1.91 bits per heavy atom. The van der Waals surface area contributed by atoms with Crippen molar-refractivity contribution in [2.45, 2.75) is 38.6 Å². The van der Waals surface area contributed by atoms with Gasteiger partial charge in [0.1, 0.15) is 5.82 Å². The third-order valence-corrected chi connectivity index (χ3v) is 3.90. The fraction of sp³-hybridized carbons (Fsp3) is 0.375. The second-order valence-electron chi connectivity index (χ2n) is 5.82. The van der Waals surface area contributed by atoms with E-state index in [4.69, 9.17) is 23.2 Å². The molecular formula is C16H18Cl2N4. The number of nitrogens with one attached hydrogen (secondary N) is 2. The van der Waals surface area contributed by atoms with Crippen LogP contribution in [0.15, 0.2) is 24.3 Å². The third kappa shape index (κ3) is 3.81. The fourth-order valence-corrected chi connectivity index (χ4v) is 2.63. The predicted molar refractivity (Wildman–Crippen MR) is 92.5 cm³/mol. The Labute approximate surface area is 140 Å². The Bertz CT molecular complexity index is 684. The van der Waals surface area contributed by atoms with Crippen molar-refractivity contribution in [3.8, 4) is 0 Å². The van der Waals surface area contributed by atoms with E-state index in [9.17, 15) is 0 Å². The van der Waals surface area contributed by atoms with Gasteiger partial charge in [-0.15, -0.1) is 0 Å². The largest absolute Gasteiger partial charge is 0.352 e. The maximum absolute atomic E-state index is 6.21. The SMILES string of the molecule is CC(C)Nc1nc(Nc2ccc(Cl)cc2Cl)cc(C2CC2)n1. The van der Waals surface area contributed by atoms with Crippen molar-refractivity contribution in [3.05, 3.63) is 40.0 Å². The molecule has 1 aliphatic carbocycles. The van der Waals surface area contributed by atoms with Gasteiger partial charge in [-0.1, -0.05) is 23.2 Å². The van der Waals surface area contributed by atoms with Crippen LogP contribution >= 0.6 is 23.2 Å². The first-order chi connectivity index (χ1) is 10.5. The van der Waals surface area contributed by atoms with Crippen LogP contribution in [0.5, 0.6) is 0 Å². The van der Waals surface area contributed by atoms with Crippen LogP contribution in [0.4, 0.5) is 17.5 Å². The summed E-state index contributed by atoms with van der Waals surface area (Å²) in [6.07, 6.45) is 2.39. The molecule has 0 saturated heterocycles. The molecule has 2 aromatic rings. The van der Waals surface area contributed by atoms with E-state index in [0.29, 0.717) is 21.9 Å². The van der Waals surface area contributed by atoms with Crippen LogP contribution in [0.1, 0.15) is 38.3 Å². The minimum absolute atomic E-state index is 0.279. The number of aromatic nitrogens is 2. The van der Waals surface area contributed by atoms with Crippen molar-refractivity contribution >= 4 is 40.7 Å². The lowest BCUT2D eigenvalue weighted by Gasteiger charge is -2.13. The van der Waals surface area contributed by atoms with E-state index in [-0.39, 0.29) is 6.04 Å². The minimum atomic E-state index is 0.279. The quantitative estimate of drug-likeness (QED) is 0.785. The first-order valence-electron chi connectivity index (χ1n) is 7.39. The minimum Gasteiger partial charge on any atom is -0.352 e. The molecule has 0 unspecified atom stereocenters. The number of rotatable bonds is 5. The Balaban J connectivity index is 1.89. The van der Waals surface area contributed by atoms with Crippen molar-refractivity contribution < 1.29 is 0 Å². The highest BCUT2D eigenvalue weighted by Crippen LogP contribution is 2.40. The molecule has 0 spiro atoms. The maximum atomic E-state index is 6.21. The van der Waals surface area contributed by atoms with Gasteiger partial charge in [0.05, 0.1) is 16.4 Å². The lowest BCUT2D eigenvalue weighted by Crippen LogP contribution is -2.14. The molecule has 1 fully saturated rings. The van der Waals surface area contributed by atoms with Gasteiger partial charge in [0.15, 0.2) is 0 Å². The van der Waals surface area contributed by atoms with Gasteiger partial charge in [0, 0.05) is 23.0 Å². The van der Waals surface area contributed by atoms with E-state index < -0.39 is 0 Å². The molecule has 2 N–H and O–H groups in total. The zero-order valence-electron chi connectivity index (χ0n) is 12.5. The van der Waals surface area contributed by atoms with Gasteiger partial charge in [-0.05, 0) is 44.9 Å². The molecule has 0 amide bonds. The van der Waals surface area contributed by atoms with Crippen LogP contribution in [0.25, 0.3) is 0 Å². The first-order valence-corrected chi connectivity index (χ1v) is 8.14. The van der Waals surface area contributed by atoms with Crippen LogP contribution in [-0.4, -0.2) is 16.0 Å². The summed E-state index contributed by atoms with van der Waals surface area (Å²) in [7, 11) is 0. The molecule has 0 bridgehead atoms. The van der Waals surface area contributed by atoms with Gasteiger partial charge in [0.25, 0.3) is 0 Å². The van der Waals surface area contributed by atoms with Crippen molar-refractivity contribution in [2.24, 2.45) is 0 Å². The summed E-state index contributed by atoms with van der Waals surface area (Å²) >= 11 is 12.1. The zero-order valence-corrected chi connectivity index (χ0v) is 14.0. The van der Waals surface area contributed by atoms with Gasteiger partial charge >= 0.3 is 0 Å².